The van der Waals surface area contributed by atoms with Crippen LogP contribution in [0.1, 0.15) is 0 Å². The van der Waals surface area contributed by atoms with Crippen LogP contribution in [0.2, 0.25) is 25.7 Å². The molecule has 190 valence electrons. The van der Waals surface area contributed by atoms with Gasteiger partial charge in [0.05, 0.1) is 12.0 Å². The topological polar surface area (TPSA) is 86.6 Å². The van der Waals surface area contributed by atoms with Gasteiger partial charge in [0.15, 0.2) is 17.4 Å². The number of amides is 2. The maximum atomic E-state index is 14.8. The van der Waals surface area contributed by atoms with Crippen LogP contribution in [0, 0.1) is 11.6 Å². The van der Waals surface area contributed by atoms with Gasteiger partial charge in [-0.25, -0.2) is 18.6 Å². The van der Waals surface area contributed by atoms with E-state index < -0.39 is 31.5 Å². The van der Waals surface area contributed by atoms with E-state index >= 15 is 0 Å². The number of hydrogen-bond donors (Lipinski definition) is 2. The Bertz CT molecular complexity index is 1160. The van der Waals surface area contributed by atoms with Crippen molar-refractivity contribution in [2.45, 2.75) is 32.4 Å². The number of aromatic nitrogens is 2. The van der Waals surface area contributed by atoms with Gasteiger partial charge in [-0.1, -0.05) is 19.6 Å². The first-order chi connectivity index (χ1) is 16.6. The molecule has 0 spiro atoms. The number of halogens is 3. The number of carbonyl (C=O) groups is 1. The van der Waals surface area contributed by atoms with Gasteiger partial charge in [0.2, 0.25) is 0 Å². The summed E-state index contributed by atoms with van der Waals surface area (Å²) in [6.07, 6.45) is 3.29. The molecule has 2 amide bonds. The number of fused-ring (bicyclic) bond motifs is 1. The van der Waals surface area contributed by atoms with Crippen molar-refractivity contribution in [2.24, 2.45) is 0 Å². The molecule has 0 unspecified atom stereocenters. The number of rotatable bonds is 11. The van der Waals surface area contributed by atoms with Gasteiger partial charge in [-0.05, 0) is 28.0 Å². The van der Waals surface area contributed by atoms with Crippen molar-refractivity contribution in [1.29, 1.82) is 0 Å². The highest BCUT2D eigenvalue weighted by atomic mass is 79.9. The highest BCUT2D eigenvalue weighted by Crippen LogP contribution is 2.37. The summed E-state index contributed by atoms with van der Waals surface area (Å²) in [4.78, 5) is 16.2. The molecule has 8 nitrogen and oxygen atoms in total. The fourth-order valence-corrected chi connectivity index (χ4v) is 4.52. The van der Waals surface area contributed by atoms with Crippen LogP contribution in [-0.4, -0.2) is 50.5 Å². The first-order valence-corrected chi connectivity index (χ1v) is 15.5. The van der Waals surface area contributed by atoms with E-state index in [4.69, 9.17) is 14.2 Å². The molecule has 0 aliphatic heterocycles. The molecule has 3 rings (SSSR count). The standard InChI is InChI=1S/C23H29BrF2N4O4Si/c1-32-8-7-28-23(31)29-15-11-17(25)21(18(26)12-15)34-19-5-6-27-22-20(19)16(24)13-30(22)14-33-9-10-35(2,3)4/h5-6,11-13H,7-10,14H2,1-4H3,(H2,28,29,31). The lowest BCUT2D eigenvalue weighted by Crippen LogP contribution is -2.31. The van der Waals surface area contributed by atoms with Crippen LogP contribution in [0.4, 0.5) is 19.3 Å². The van der Waals surface area contributed by atoms with Crippen LogP contribution >= 0.6 is 15.9 Å². The minimum absolute atomic E-state index is 0.0510. The molecule has 0 atom stereocenters. The van der Waals surface area contributed by atoms with Gasteiger partial charge >= 0.3 is 6.03 Å². The Labute approximate surface area is 212 Å². The Hall–Kier alpha value is -2.54. The van der Waals surface area contributed by atoms with Crippen LogP contribution in [-0.2, 0) is 16.2 Å². The summed E-state index contributed by atoms with van der Waals surface area (Å²) in [6.45, 7) is 8.34. The summed E-state index contributed by atoms with van der Waals surface area (Å²) in [5.74, 6) is -2.30. The SMILES string of the molecule is COCCNC(=O)Nc1cc(F)c(Oc2ccnc3c2c(Br)cn3COCC[Si](C)(C)C)c(F)c1. The maximum absolute atomic E-state index is 14.8. The minimum Gasteiger partial charge on any atom is -0.450 e. The zero-order chi connectivity index (χ0) is 25.6. The summed E-state index contributed by atoms with van der Waals surface area (Å²) >= 11 is 3.48. The lowest BCUT2D eigenvalue weighted by Gasteiger charge is -2.15. The number of hydrogen-bond acceptors (Lipinski definition) is 5. The maximum Gasteiger partial charge on any atom is 0.319 e. The minimum atomic E-state index is -1.21. The Kier molecular flexibility index (Phi) is 9.22. The lowest BCUT2D eigenvalue weighted by atomic mass is 10.2. The molecule has 2 heterocycles. The van der Waals surface area contributed by atoms with E-state index in [0.717, 1.165) is 18.2 Å². The highest BCUT2D eigenvalue weighted by Gasteiger charge is 2.19. The molecular weight excluding hydrogens is 542 g/mol. The fraction of sp³-hybridized carbons (Fsp3) is 0.391. The van der Waals surface area contributed by atoms with Crippen molar-refractivity contribution in [2.75, 3.05) is 32.2 Å². The molecule has 0 aliphatic rings. The molecule has 12 heteroatoms. The van der Waals surface area contributed by atoms with Gasteiger partial charge in [-0.2, -0.15) is 0 Å². The van der Waals surface area contributed by atoms with Crippen molar-refractivity contribution in [3.63, 3.8) is 0 Å². The lowest BCUT2D eigenvalue weighted by molar-refractivity contribution is 0.0898. The number of methoxy groups -OCH3 is 1. The highest BCUT2D eigenvalue weighted by molar-refractivity contribution is 9.10. The number of ether oxygens (including phenoxy) is 3. The van der Waals surface area contributed by atoms with Crippen LogP contribution in [0.15, 0.2) is 35.1 Å². The zero-order valence-corrected chi connectivity index (χ0v) is 22.7. The van der Waals surface area contributed by atoms with Crippen molar-refractivity contribution >= 4 is 46.8 Å². The summed E-state index contributed by atoms with van der Waals surface area (Å²) in [6, 6.07) is 3.92. The predicted molar refractivity (Wildman–Crippen MR) is 137 cm³/mol. The van der Waals surface area contributed by atoms with Crippen LogP contribution < -0.4 is 15.4 Å². The number of carbonyl (C=O) groups excluding carboxylic acids is 1. The number of anilines is 1. The third-order valence-electron chi connectivity index (χ3n) is 4.96. The van der Waals surface area contributed by atoms with E-state index in [0.29, 0.717) is 35.5 Å². The summed E-state index contributed by atoms with van der Waals surface area (Å²) in [5, 5.41) is 5.44. The number of urea groups is 1. The quantitative estimate of drug-likeness (QED) is 0.220. The monoisotopic (exact) mass is 570 g/mol. The molecular formula is C23H29BrF2N4O4Si. The van der Waals surface area contributed by atoms with E-state index in [1.165, 1.54) is 19.4 Å². The number of benzene rings is 1. The second kappa shape index (κ2) is 11.9. The van der Waals surface area contributed by atoms with Gasteiger partial charge in [0, 0.05) is 63.0 Å². The molecule has 0 radical (unpaired) electrons. The predicted octanol–water partition coefficient (Wildman–Crippen LogP) is 5.95. The smallest absolute Gasteiger partial charge is 0.319 e. The number of pyridine rings is 1. The molecule has 1 aromatic carbocycles. The first kappa shape index (κ1) is 27.1. The molecule has 35 heavy (non-hydrogen) atoms. The van der Waals surface area contributed by atoms with Gasteiger partial charge in [-0.3, -0.25) is 0 Å². The second-order valence-corrected chi connectivity index (χ2v) is 15.5. The van der Waals surface area contributed by atoms with E-state index in [2.05, 4.69) is 51.2 Å². The molecule has 0 saturated heterocycles. The summed E-state index contributed by atoms with van der Waals surface area (Å²) in [5.41, 5.74) is 0.499. The van der Waals surface area contributed by atoms with Crippen molar-refractivity contribution in [3.8, 4) is 11.5 Å². The zero-order valence-electron chi connectivity index (χ0n) is 20.1. The number of nitrogens with zero attached hydrogens (tertiary/aromatic N) is 2. The largest absolute Gasteiger partial charge is 0.450 e. The molecule has 0 fully saturated rings. The number of nitrogens with one attached hydrogen (secondary N) is 2. The van der Waals surface area contributed by atoms with Crippen LogP contribution in [0.3, 0.4) is 0 Å². The summed E-state index contributed by atoms with van der Waals surface area (Å²) < 4.78 is 48.3. The first-order valence-electron chi connectivity index (χ1n) is 11.0. The summed E-state index contributed by atoms with van der Waals surface area (Å²) in [7, 11) is 0.286. The van der Waals surface area contributed by atoms with Gasteiger partial charge < -0.3 is 29.4 Å². The van der Waals surface area contributed by atoms with E-state index in [-0.39, 0.29) is 18.0 Å². The van der Waals surface area contributed by atoms with Crippen molar-refractivity contribution < 1.29 is 27.8 Å². The van der Waals surface area contributed by atoms with E-state index in [1.807, 2.05) is 0 Å². The third-order valence-corrected chi connectivity index (χ3v) is 7.26. The Balaban J connectivity index is 1.77. The second-order valence-electron chi connectivity index (χ2n) is 9.05. The molecule has 2 aromatic heterocycles. The van der Waals surface area contributed by atoms with Gasteiger partial charge in [0.25, 0.3) is 0 Å². The van der Waals surface area contributed by atoms with Crippen molar-refractivity contribution in [1.82, 2.24) is 14.9 Å². The average Bonchev–Trinajstić information content (AvgIpc) is 3.10. The molecule has 2 N–H and O–H groups in total. The molecule has 3 aromatic rings. The molecule has 0 bridgehead atoms. The molecule has 0 aliphatic carbocycles. The van der Waals surface area contributed by atoms with Crippen LogP contribution in [0.5, 0.6) is 11.5 Å². The Morgan fingerprint density at radius 3 is 2.57 bits per heavy atom. The van der Waals surface area contributed by atoms with E-state index in [1.54, 1.807) is 10.8 Å². The average molecular weight is 571 g/mol. The van der Waals surface area contributed by atoms with Crippen molar-refractivity contribution in [3.05, 3.63) is 46.7 Å². The van der Waals surface area contributed by atoms with Gasteiger partial charge in [-0.15, -0.1) is 0 Å². The normalized spacial score (nSPS) is 11.6. The Morgan fingerprint density at radius 2 is 1.91 bits per heavy atom. The molecule has 0 saturated carbocycles. The van der Waals surface area contributed by atoms with Gasteiger partial charge in [0.1, 0.15) is 18.1 Å². The fourth-order valence-electron chi connectivity index (χ4n) is 3.14. The van der Waals surface area contributed by atoms with Crippen LogP contribution in [0.25, 0.3) is 11.0 Å². The Morgan fingerprint density at radius 1 is 1.20 bits per heavy atom. The van der Waals surface area contributed by atoms with E-state index in [9.17, 15) is 13.6 Å². The third kappa shape index (κ3) is 7.47.